The number of carbonyl (C=O) groups is 2. The molecule has 13 heteroatoms. The molecule has 2 fully saturated rings. The van der Waals surface area contributed by atoms with Crippen molar-refractivity contribution in [3.05, 3.63) is 156 Å². The molecular formula is C49H60O12Si. The Balaban J connectivity index is 1.38. The van der Waals surface area contributed by atoms with Crippen molar-refractivity contribution in [1.29, 1.82) is 0 Å². The van der Waals surface area contributed by atoms with E-state index in [1.54, 1.807) is 54.6 Å². The number of ether oxygens (including phenoxy) is 10. The lowest BCUT2D eigenvalue weighted by atomic mass is 9.96. The molecule has 0 bridgehead atoms. The summed E-state index contributed by atoms with van der Waals surface area (Å²) in [6, 6.07) is 37.6. The van der Waals surface area contributed by atoms with E-state index >= 15 is 0 Å². The van der Waals surface area contributed by atoms with Crippen LogP contribution >= 0.6 is 0 Å². The summed E-state index contributed by atoms with van der Waals surface area (Å²) < 4.78 is 64.8. The summed E-state index contributed by atoms with van der Waals surface area (Å²) in [5.74, 6) is -1.26. The van der Waals surface area contributed by atoms with E-state index in [0.29, 0.717) is 17.7 Å². The number of rotatable bonds is 21. The molecular weight excluding hydrogens is 809 g/mol. The van der Waals surface area contributed by atoms with Crippen molar-refractivity contribution in [2.45, 2.75) is 114 Å². The van der Waals surface area contributed by atoms with Crippen LogP contribution in [0, 0.1) is 0 Å². The van der Waals surface area contributed by atoms with E-state index < -0.39 is 81.4 Å². The highest BCUT2D eigenvalue weighted by molar-refractivity contribution is 6.76. The Hall–Kier alpha value is -4.54. The molecule has 4 aromatic carbocycles. The fourth-order valence-electron chi connectivity index (χ4n) is 7.19. The summed E-state index contributed by atoms with van der Waals surface area (Å²) in [5.41, 5.74) is 2.46. The average Bonchev–Trinajstić information content (AvgIpc) is 3.27. The lowest BCUT2D eigenvalue weighted by Gasteiger charge is -2.49. The monoisotopic (exact) mass is 868 g/mol. The Bertz CT molecular complexity index is 1950. The molecule has 0 spiro atoms. The Morgan fingerprint density at radius 1 is 0.581 bits per heavy atom. The smallest absolute Gasteiger partial charge is 0.338 e. The minimum absolute atomic E-state index is 0.0847. The van der Waals surface area contributed by atoms with Gasteiger partial charge in [-0.3, -0.25) is 0 Å². The molecule has 0 aliphatic carbocycles. The molecule has 0 unspecified atom stereocenters. The van der Waals surface area contributed by atoms with Gasteiger partial charge < -0.3 is 47.4 Å². The molecule has 0 aromatic heterocycles. The first kappa shape index (κ1) is 46.9. The van der Waals surface area contributed by atoms with Gasteiger partial charge in [0.05, 0.1) is 43.2 Å². The first-order chi connectivity index (χ1) is 30.0. The molecule has 12 nitrogen and oxygen atoms in total. The van der Waals surface area contributed by atoms with Crippen LogP contribution in [0.15, 0.2) is 134 Å². The van der Waals surface area contributed by atoms with Crippen LogP contribution < -0.4 is 0 Å². The molecule has 10 atom stereocenters. The van der Waals surface area contributed by atoms with Crippen LogP contribution in [0.4, 0.5) is 0 Å². The van der Waals surface area contributed by atoms with Crippen LogP contribution in [0.1, 0.15) is 45.7 Å². The Labute approximate surface area is 366 Å². The summed E-state index contributed by atoms with van der Waals surface area (Å²) in [6.45, 7) is 15.2. The Morgan fingerprint density at radius 2 is 1.03 bits per heavy atom. The van der Waals surface area contributed by atoms with Gasteiger partial charge in [-0.05, 0) is 55.3 Å². The maximum atomic E-state index is 14.1. The maximum Gasteiger partial charge on any atom is 0.338 e. The van der Waals surface area contributed by atoms with Crippen molar-refractivity contribution in [2.24, 2.45) is 0 Å². The zero-order valence-electron chi connectivity index (χ0n) is 36.2. The van der Waals surface area contributed by atoms with Crippen molar-refractivity contribution in [3.63, 3.8) is 0 Å². The van der Waals surface area contributed by atoms with Gasteiger partial charge in [0.25, 0.3) is 0 Å². The third-order valence-electron chi connectivity index (χ3n) is 10.5. The van der Waals surface area contributed by atoms with E-state index in [0.717, 1.165) is 17.2 Å². The molecule has 2 heterocycles. The summed E-state index contributed by atoms with van der Waals surface area (Å²) in [6.07, 6.45) is -8.26. The van der Waals surface area contributed by atoms with Gasteiger partial charge in [0.1, 0.15) is 31.2 Å². The molecule has 0 N–H and O–H groups in total. The quantitative estimate of drug-likeness (QED) is 0.0263. The molecule has 2 saturated heterocycles. The van der Waals surface area contributed by atoms with Crippen LogP contribution in [0.25, 0.3) is 0 Å². The second kappa shape index (κ2) is 23.2. The molecule has 0 radical (unpaired) electrons. The second-order valence-electron chi connectivity index (χ2n) is 16.6. The first-order valence-corrected chi connectivity index (χ1v) is 24.9. The number of hydrogen-bond donors (Lipinski definition) is 0. The standard InChI is InChI=1S/C49H60O12Si/c1-7-28-53-48-45(60-47(51)39-26-18-11-19-27-39)43(41(35(3)57-48)55-32-37-22-14-9-15-23-37)61-49-44(59-46(50)38-24-16-10-17-25-38)42(56-33-52-29-30-62(4,5)6)40(34(2)58-49)54-31-36-20-12-8-13-21-36/h7-27,34-35,40-45,48-49H,1,28-33H2,2-6H3/t34-,35-,40-,41-,42+,43+,44+,45+,48+,49-/m0/s1. The van der Waals surface area contributed by atoms with Crippen LogP contribution in [-0.2, 0) is 60.6 Å². The van der Waals surface area contributed by atoms with Gasteiger partial charge in [0, 0.05) is 14.7 Å². The predicted octanol–water partition coefficient (Wildman–Crippen LogP) is 8.38. The van der Waals surface area contributed by atoms with Gasteiger partial charge in [-0.2, -0.15) is 0 Å². The largest absolute Gasteiger partial charge is 0.450 e. The summed E-state index contributed by atoms with van der Waals surface area (Å²) in [7, 11) is -1.41. The van der Waals surface area contributed by atoms with Crippen LogP contribution in [0.5, 0.6) is 0 Å². The Morgan fingerprint density at radius 3 is 1.52 bits per heavy atom. The van der Waals surface area contributed by atoms with Gasteiger partial charge >= 0.3 is 11.9 Å². The third kappa shape index (κ3) is 13.5. The van der Waals surface area contributed by atoms with E-state index in [1.807, 2.05) is 86.6 Å². The number of carbonyl (C=O) groups excluding carboxylic acids is 2. The summed E-state index contributed by atoms with van der Waals surface area (Å²) in [5, 5.41) is 0. The van der Waals surface area contributed by atoms with Crippen molar-refractivity contribution in [1.82, 2.24) is 0 Å². The SMILES string of the molecule is C=CCO[C@@H]1O[C@@H](C)[C@H](OCc2ccccc2)[C@@H](O[C@@H]2O[C@@H](C)[C@H](OCc3ccccc3)[C@@H](OCOCC[Si](C)(C)C)[C@H]2OC(=O)c2ccccc2)[C@H]1OC(=O)c1ccccc1. The maximum absolute atomic E-state index is 14.1. The normalized spacial score (nSPS) is 26.3. The fourth-order valence-corrected chi connectivity index (χ4v) is 7.95. The summed E-state index contributed by atoms with van der Waals surface area (Å²) in [4.78, 5) is 27.9. The minimum Gasteiger partial charge on any atom is -0.450 e. The second-order valence-corrected chi connectivity index (χ2v) is 22.2. The van der Waals surface area contributed by atoms with Gasteiger partial charge in [-0.25, -0.2) is 9.59 Å². The lowest BCUT2D eigenvalue weighted by Crippen LogP contribution is -2.65. The minimum atomic E-state index is -1.41. The van der Waals surface area contributed by atoms with Gasteiger partial charge in [-0.1, -0.05) is 123 Å². The van der Waals surface area contributed by atoms with E-state index in [-0.39, 0.29) is 26.6 Å². The first-order valence-electron chi connectivity index (χ1n) is 21.2. The van der Waals surface area contributed by atoms with Gasteiger partial charge in [-0.15, -0.1) is 6.58 Å². The van der Waals surface area contributed by atoms with Gasteiger partial charge in [0.2, 0.25) is 0 Å². The zero-order valence-corrected chi connectivity index (χ0v) is 37.2. The molecule has 0 amide bonds. The van der Waals surface area contributed by atoms with E-state index in [9.17, 15) is 9.59 Å². The van der Waals surface area contributed by atoms with E-state index in [4.69, 9.17) is 47.4 Å². The molecule has 6 rings (SSSR count). The third-order valence-corrected chi connectivity index (χ3v) is 12.2. The highest BCUT2D eigenvalue weighted by Crippen LogP contribution is 2.36. The van der Waals surface area contributed by atoms with Crippen LogP contribution in [0.3, 0.4) is 0 Å². The highest BCUT2D eigenvalue weighted by atomic mass is 28.3. The Kier molecular flexibility index (Phi) is 17.6. The molecule has 332 valence electrons. The van der Waals surface area contributed by atoms with Crippen LogP contribution in [-0.4, -0.2) is 101 Å². The lowest BCUT2D eigenvalue weighted by molar-refractivity contribution is -0.363. The molecule has 62 heavy (non-hydrogen) atoms. The van der Waals surface area contributed by atoms with Crippen molar-refractivity contribution in [3.8, 4) is 0 Å². The zero-order chi connectivity index (χ0) is 43.9. The molecule has 2 aliphatic heterocycles. The van der Waals surface area contributed by atoms with Crippen molar-refractivity contribution >= 4 is 20.0 Å². The number of hydrogen-bond acceptors (Lipinski definition) is 12. The predicted molar refractivity (Wildman–Crippen MR) is 235 cm³/mol. The molecule has 4 aromatic rings. The van der Waals surface area contributed by atoms with E-state index in [1.165, 1.54) is 0 Å². The number of benzene rings is 4. The fraction of sp³-hybridized carbons (Fsp3) is 0.429. The van der Waals surface area contributed by atoms with Gasteiger partial charge in [0.15, 0.2) is 24.8 Å². The van der Waals surface area contributed by atoms with Crippen molar-refractivity contribution in [2.75, 3.05) is 20.0 Å². The topological polar surface area (TPSA) is 126 Å². The van der Waals surface area contributed by atoms with E-state index in [2.05, 4.69) is 26.2 Å². The number of esters is 2. The average molecular weight is 869 g/mol. The summed E-state index contributed by atoms with van der Waals surface area (Å²) >= 11 is 0. The molecule has 2 aliphatic rings. The molecule has 0 saturated carbocycles. The van der Waals surface area contributed by atoms with Crippen LogP contribution in [0.2, 0.25) is 25.7 Å². The van der Waals surface area contributed by atoms with Crippen molar-refractivity contribution < 1.29 is 57.0 Å². The highest BCUT2D eigenvalue weighted by Gasteiger charge is 2.55.